The van der Waals surface area contributed by atoms with Crippen molar-refractivity contribution in [3.8, 4) is 11.1 Å². The number of anilines is 1. The molecule has 9 heteroatoms. The van der Waals surface area contributed by atoms with Crippen molar-refractivity contribution in [3.05, 3.63) is 41.2 Å². The topological polar surface area (TPSA) is 79.3 Å². The maximum Gasteiger partial charge on any atom is 0.245 e. The quantitative estimate of drug-likeness (QED) is 0.477. The number of halogens is 1. The maximum atomic E-state index is 12.2. The minimum Gasteiger partial charge on any atom is -0.381 e. The van der Waals surface area contributed by atoms with Crippen LogP contribution in [0, 0.1) is 13.8 Å². The third kappa shape index (κ3) is 3.96. The number of nitrogens with one attached hydrogen (secondary N) is 1. The number of hydrogen-bond acceptors (Lipinski definition) is 5. The van der Waals surface area contributed by atoms with E-state index in [-0.39, 0.29) is 17.5 Å². The molecule has 0 aliphatic carbocycles. The number of carbonyl (C=O) groups excluding carboxylic acids is 1. The van der Waals surface area contributed by atoms with Gasteiger partial charge in [0.15, 0.2) is 5.82 Å². The molecule has 0 bridgehead atoms. The number of aromatic nitrogens is 4. The highest BCUT2D eigenvalue weighted by Crippen LogP contribution is 2.49. The van der Waals surface area contributed by atoms with Gasteiger partial charge in [0, 0.05) is 60.6 Å². The highest BCUT2D eigenvalue weighted by Gasteiger charge is 2.45. The van der Waals surface area contributed by atoms with E-state index in [2.05, 4.69) is 39.3 Å². The minimum atomic E-state index is 0.00411. The molecule has 1 N–H and O–H groups in total. The van der Waals surface area contributed by atoms with E-state index in [9.17, 15) is 4.79 Å². The van der Waals surface area contributed by atoms with Crippen molar-refractivity contribution in [2.45, 2.75) is 64.0 Å². The first kappa shape index (κ1) is 24.5. The predicted molar refractivity (Wildman–Crippen MR) is 146 cm³/mol. The van der Waals surface area contributed by atoms with Gasteiger partial charge in [-0.2, -0.15) is 10.2 Å². The van der Waals surface area contributed by atoms with Gasteiger partial charge < -0.3 is 14.5 Å². The second kappa shape index (κ2) is 9.48. The fraction of sp³-hybridized carbons (Fsp3) is 0.536. The first-order chi connectivity index (χ1) is 17.9. The third-order valence-corrected chi connectivity index (χ3v) is 9.31. The summed E-state index contributed by atoms with van der Waals surface area (Å²) in [6, 6.07) is 2.29. The van der Waals surface area contributed by atoms with Crippen molar-refractivity contribution in [2.75, 3.05) is 37.7 Å². The highest BCUT2D eigenvalue weighted by molar-refractivity contribution is 6.36. The van der Waals surface area contributed by atoms with E-state index in [1.165, 1.54) is 6.08 Å². The van der Waals surface area contributed by atoms with Crippen LogP contribution in [0.4, 0.5) is 5.82 Å². The van der Waals surface area contributed by atoms with Crippen LogP contribution in [0.1, 0.15) is 55.8 Å². The number of rotatable bonds is 4. The Hall–Kier alpha value is -2.84. The largest absolute Gasteiger partial charge is 0.381 e. The van der Waals surface area contributed by atoms with Crippen molar-refractivity contribution >= 4 is 34.2 Å². The second-order valence-corrected chi connectivity index (χ2v) is 11.2. The highest BCUT2D eigenvalue weighted by atomic mass is 35.5. The molecule has 3 aromatic rings. The number of piperidine rings is 1. The Balaban J connectivity index is 1.50. The third-order valence-electron chi connectivity index (χ3n) is 8.82. The average molecular weight is 523 g/mol. The lowest BCUT2D eigenvalue weighted by atomic mass is 9.87. The Bertz CT molecular complexity index is 1350. The molecule has 8 nitrogen and oxygen atoms in total. The van der Waals surface area contributed by atoms with Crippen LogP contribution in [0.3, 0.4) is 0 Å². The van der Waals surface area contributed by atoms with Crippen LogP contribution in [0.2, 0.25) is 5.02 Å². The first-order valence-corrected chi connectivity index (χ1v) is 13.8. The molecular weight excluding hydrogens is 488 g/mol. The van der Waals surface area contributed by atoms with Gasteiger partial charge in [-0.1, -0.05) is 18.2 Å². The molecule has 1 aromatic carbocycles. The second-order valence-electron chi connectivity index (χ2n) is 10.8. The summed E-state index contributed by atoms with van der Waals surface area (Å²) in [7, 11) is 0. The number of ether oxygens (including phenoxy) is 1. The van der Waals surface area contributed by atoms with Gasteiger partial charge in [0.25, 0.3) is 0 Å². The Morgan fingerprint density at radius 3 is 2.68 bits per heavy atom. The van der Waals surface area contributed by atoms with Gasteiger partial charge in [0.2, 0.25) is 5.91 Å². The Morgan fingerprint density at radius 1 is 1.19 bits per heavy atom. The fourth-order valence-corrected chi connectivity index (χ4v) is 7.04. The number of aromatic amines is 1. The Labute approximate surface area is 222 Å². The van der Waals surface area contributed by atoms with Crippen LogP contribution >= 0.6 is 11.6 Å². The van der Waals surface area contributed by atoms with Crippen LogP contribution in [-0.2, 0) is 9.53 Å². The Morgan fingerprint density at radius 2 is 1.95 bits per heavy atom. The molecule has 3 saturated heterocycles. The van der Waals surface area contributed by atoms with Gasteiger partial charge >= 0.3 is 0 Å². The van der Waals surface area contributed by atoms with Gasteiger partial charge in [0.05, 0.1) is 22.8 Å². The van der Waals surface area contributed by atoms with Gasteiger partial charge in [-0.15, -0.1) is 0 Å². The van der Waals surface area contributed by atoms with E-state index in [0.717, 1.165) is 102 Å². The van der Waals surface area contributed by atoms with Gasteiger partial charge in [-0.25, -0.2) is 0 Å². The van der Waals surface area contributed by atoms with E-state index >= 15 is 0 Å². The summed E-state index contributed by atoms with van der Waals surface area (Å²) in [6.45, 7) is 11.9. The SMILES string of the molecule is C=CC(=O)N1CCC(n2nc(N3CCCC34CCOCC4)c(-c3c(Cl)c(C)cc4[nH]ncc34)c2C)CC1. The van der Waals surface area contributed by atoms with Crippen molar-refractivity contribution in [2.24, 2.45) is 0 Å². The summed E-state index contributed by atoms with van der Waals surface area (Å²) < 4.78 is 7.99. The number of nitrogens with zero attached hydrogens (tertiary/aromatic N) is 5. The number of amides is 1. The number of H-pyrrole nitrogens is 1. The molecule has 0 unspecified atom stereocenters. The zero-order valence-electron chi connectivity index (χ0n) is 21.7. The smallest absolute Gasteiger partial charge is 0.245 e. The summed E-state index contributed by atoms with van der Waals surface area (Å²) in [6.07, 6.45) is 9.36. The van der Waals surface area contributed by atoms with Crippen molar-refractivity contribution in [3.63, 3.8) is 0 Å². The van der Waals surface area contributed by atoms with Crippen LogP contribution in [-0.4, -0.2) is 69.2 Å². The summed E-state index contributed by atoms with van der Waals surface area (Å²) in [5.41, 5.74) is 5.31. The van der Waals surface area contributed by atoms with Crippen LogP contribution in [0.25, 0.3) is 22.0 Å². The number of fused-ring (bicyclic) bond motifs is 1. The first-order valence-electron chi connectivity index (χ1n) is 13.4. The maximum absolute atomic E-state index is 12.2. The number of aryl methyl sites for hydroxylation is 1. The van der Waals surface area contributed by atoms with Crippen molar-refractivity contribution in [1.29, 1.82) is 0 Å². The van der Waals surface area contributed by atoms with Gasteiger partial charge in [0.1, 0.15) is 0 Å². The molecule has 3 aliphatic heterocycles. The van der Waals surface area contributed by atoms with E-state index in [4.69, 9.17) is 21.4 Å². The molecule has 5 heterocycles. The lowest BCUT2D eigenvalue weighted by Gasteiger charge is -2.42. The molecule has 37 heavy (non-hydrogen) atoms. The number of carbonyl (C=O) groups is 1. The molecule has 2 aromatic heterocycles. The predicted octanol–water partition coefficient (Wildman–Crippen LogP) is 5.20. The summed E-state index contributed by atoms with van der Waals surface area (Å²) >= 11 is 7.09. The molecule has 0 radical (unpaired) electrons. The molecule has 0 atom stereocenters. The summed E-state index contributed by atoms with van der Waals surface area (Å²) in [4.78, 5) is 16.6. The van der Waals surface area contributed by atoms with E-state index in [1.807, 2.05) is 18.0 Å². The Kier molecular flexibility index (Phi) is 6.27. The fourth-order valence-electron chi connectivity index (χ4n) is 6.79. The molecule has 1 spiro atoms. The monoisotopic (exact) mass is 522 g/mol. The zero-order valence-corrected chi connectivity index (χ0v) is 22.5. The number of benzene rings is 1. The molecule has 0 saturated carbocycles. The van der Waals surface area contributed by atoms with Gasteiger partial charge in [-0.05, 0) is 70.1 Å². The van der Waals surface area contributed by atoms with Crippen LogP contribution in [0.5, 0.6) is 0 Å². The van der Waals surface area contributed by atoms with Crippen molar-refractivity contribution in [1.82, 2.24) is 24.9 Å². The molecule has 3 fully saturated rings. The number of likely N-dealkylation sites (tertiary alicyclic amines) is 1. The zero-order chi connectivity index (χ0) is 25.7. The van der Waals surface area contributed by atoms with E-state index in [1.54, 1.807) is 0 Å². The summed E-state index contributed by atoms with van der Waals surface area (Å²) in [5, 5.41) is 14.7. The number of hydrogen-bond donors (Lipinski definition) is 1. The molecule has 1 amide bonds. The van der Waals surface area contributed by atoms with Gasteiger partial charge in [-0.3, -0.25) is 14.6 Å². The molecule has 196 valence electrons. The van der Waals surface area contributed by atoms with E-state index < -0.39 is 0 Å². The molecule has 3 aliphatic rings. The van der Waals surface area contributed by atoms with Crippen LogP contribution in [0.15, 0.2) is 24.9 Å². The average Bonchev–Trinajstić information content (AvgIpc) is 3.63. The molecular formula is C28H35ClN6O2. The molecule has 6 rings (SSSR count). The standard InChI is InChI=1S/C28H35ClN6O2/c1-4-23(36)33-12-6-20(7-13-33)35-19(3)24(25-21-17-30-31-22(21)16-18(2)26(25)29)27(32-35)34-11-5-8-28(34)9-14-37-15-10-28/h4,16-17,20H,1,5-15H2,2-3H3,(H,30,31). The normalized spacial score (nSPS) is 20.3. The minimum absolute atomic E-state index is 0.00411. The van der Waals surface area contributed by atoms with Crippen molar-refractivity contribution < 1.29 is 9.53 Å². The van der Waals surface area contributed by atoms with E-state index in [0.29, 0.717) is 13.1 Å². The summed E-state index contributed by atoms with van der Waals surface area (Å²) in [5.74, 6) is 1.03. The lowest BCUT2D eigenvalue weighted by molar-refractivity contribution is -0.127. The lowest BCUT2D eigenvalue weighted by Crippen LogP contribution is -2.48. The van der Waals surface area contributed by atoms with Crippen LogP contribution < -0.4 is 4.90 Å².